The molecular weight excluding hydrogens is 294 g/mol. The summed E-state index contributed by atoms with van der Waals surface area (Å²) >= 11 is 1.72. The zero-order valence-electron chi connectivity index (χ0n) is 14.4. The van der Waals surface area contributed by atoms with E-state index in [0.717, 1.165) is 37.8 Å². The van der Waals surface area contributed by atoms with Crippen LogP contribution in [0.4, 0.5) is 0 Å². The van der Waals surface area contributed by atoms with Crippen molar-refractivity contribution in [1.29, 1.82) is 0 Å². The maximum absolute atomic E-state index is 10.2. The van der Waals surface area contributed by atoms with E-state index in [-0.39, 0.29) is 11.5 Å². The first-order valence-electron chi connectivity index (χ1n) is 8.40. The molecule has 1 saturated heterocycles. The second kappa shape index (κ2) is 7.86. The molecule has 0 radical (unpaired) electrons. The molecule has 22 heavy (non-hydrogen) atoms. The van der Waals surface area contributed by atoms with Crippen molar-refractivity contribution >= 4 is 11.3 Å². The van der Waals surface area contributed by atoms with Crippen LogP contribution in [0.5, 0.6) is 0 Å². The van der Waals surface area contributed by atoms with Gasteiger partial charge < -0.3 is 15.3 Å². The van der Waals surface area contributed by atoms with Gasteiger partial charge in [0.1, 0.15) is 0 Å². The Morgan fingerprint density at radius 3 is 2.68 bits per heavy atom. The Labute approximate surface area is 138 Å². The summed E-state index contributed by atoms with van der Waals surface area (Å²) in [5.74, 6) is 0.841. The van der Waals surface area contributed by atoms with E-state index in [0.29, 0.717) is 6.54 Å². The number of β-amino-alcohol motifs (C(OH)–C–C–N with tert-alkyl or cyclic N) is 1. The summed E-state index contributed by atoms with van der Waals surface area (Å²) in [5, 5.41) is 16.8. The number of piperidine rings is 1. The van der Waals surface area contributed by atoms with Gasteiger partial charge in [0.15, 0.2) is 0 Å². The molecule has 2 N–H and O–H groups in total. The Balaban J connectivity index is 1.66. The first-order chi connectivity index (χ1) is 10.3. The molecule has 0 bridgehead atoms. The van der Waals surface area contributed by atoms with E-state index in [2.05, 4.69) is 48.3 Å². The first-order valence-corrected chi connectivity index (χ1v) is 9.28. The summed E-state index contributed by atoms with van der Waals surface area (Å²) in [5.41, 5.74) is 1.20. The molecule has 1 fully saturated rings. The van der Waals surface area contributed by atoms with Crippen LogP contribution in [0.15, 0.2) is 5.38 Å². The number of hydrogen-bond donors (Lipinski definition) is 2. The van der Waals surface area contributed by atoms with Crippen molar-refractivity contribution in [2.75, 3.05) is 26.2 Å². The monoisotopic (exact) mass is 325 g/mol. The number of aliphatic hydroxyl groups excluding tert-OH is 1. The third-order valence-electron chi connectivity index (χ3n) is 4.22. The van der Waals surface area contributed by atoms with Gasteiger partial charge in [-0.1, -0.05) is 27.7 Å². The molecule has 0 aliphatic carbocycles. The summed E-state index contributed by atoms with van der Waals surface area (Å²) < 4.78 is 0. The highest BCUT2D eigenvalue weighted by atomic mass is 32.1. The van der Waals surface area contributed by atoms with Crippen molar-refractivity contribution in [1.82, 2.24) is 15.2 Å². The number of hydrogen-bond acceptors (Lipinski definition) is 5. The number of nitrogens with zero attached hydrogens (tertiary/aromatic N) is 2. The van der Waals surface area contributed by atoms with Crippen molar-refractivity contribution in [2.45, 2.75) is 58.6 Å². The predicted octanol–water partition coefficient (Wildman–Crippen LogP) is 2.62. The SMILES string of the molecule is CC1CCN(CC(O)CNCc2csc(C(C)(C)C)n2)CC1. The van der Waals surface area contributed by atoms with Crippen LogP contribution in [-0.4, -0.2) is 47.3 Å². The largest absolute Gasteiger partial charge is 0.390 e. The Kier molecular flexibility index (Phi) is 6.38. The topological polar surface area (TPSA) is 48.4 Å². The average Bonchev–Trinajstić information content (AvgIpc) is 2.90. The molecule has 1 unspecified atom stereocenters. The summed E-state index contributed by atoms with van der Waals surface area (Å²) in [6.45, 7) is 13.3. The Morgan fingerprint density at radius 2 is 2.09 bits per heavy atom. The highest BCUT2D eigenvalue weighted by Crippen LogP contribution is 2.25. The summed E-state index contributed by atoms with van der Waals surface area (Å²) in [7, 11) is 0. The molecule has 1 aliphatic rings. The molecule has 0 amide bonds. The molecule has 1 aromatic heterocycles. The van der Waals surface area contributed by atoms with E-state index in [1.165, 1.54) is 17.8 Å². The zero-order chi connectivity index (χ0) is 16.2. The van der Waals surface area contributed by atoms with Crippen molar-refractivity contribution in [3.05, 3.63) is 16.1 Å². The molecule has 4 nitrogen and oxygen atoms in total. The van der Waals surface area contributed by atoms with Crippen LogP contribution in [0.1, 0.15) is 51.2 Å². The molecule has 1 atom stereocenters. The lowest BCUT2D eigenvalue weighted by Crippen LogP contribution is -2.41. The highest BCUT2D eigenvalue weighted by molar-refractivity contribution is 7.09. The number of aliphatic hydroxyl groups is 1. The zero-order valence-corrected chi connectivity index (χ0v) is 15.2. The van der Waals surface area contributed by atoms with Crippen LogP contribution >= 0.6 is 11.3 Å². The van der Waals surface area contributed by atoms with Crippen molar-refractivity contribution in [3.63, 3.8) is 0 Å². The van der Waals surface area contributed by atoms with E-state index in [4.69, 9.17) is 0 Å². The highest BCUT2D eigenvalue weighted by Gasteiger charge is 2.19. The minimum atomic E-state index is -0.297. The summed E-state index contributed by atoms with van der Waals surface area (Å²) in [6.07, 6.45) is 2.22. The summed E-state index contributed by atoms with van der Waals surface area (Å²) in [6, 6.07) is 0. The number of rotatable bonds is 6. The van der Waals surface area contributed by atoms with Crippen LogP contribution in [0, 0.1) is 5.92 Å². The lowest BCUT2D eigenvalue weighted by Gasteiger charge is -2.31. The smallest absolute Gasteiger partial charge is 0.0982 e. The second-order valence-corrected chi connectivity index (χ2v) is 8.52. The van der Waals surface area contributed by atoms with Gasteiger partial charge in [0.2, 0.25) is 0 Å². The average molecular weight is 326 g/mol. The fourth-order valence-electron chi connectivity index (χ4n) is 2.71. The first kappa shape index (κ1) is 17.9. The van der Waals surface area contributed by atoms with Gasteiger partial charge in [-0.15, -0.1) is 11.3 Å². The standard InChI is InChI=1S/C17H31N3OS/c1-13-5-7-20(8-6-13)11-15(21)10-18-9-14-12-22-16(19-14)17(2,3)4/h12-13,15,18,21H,5-11H2,1-4H3. The molecule has 0 saturated carbocycles. The Hall–Kier alpha value is -0.490. The lowest BCUT2D eigenvalue weighted by molar-refractivity contribution is 0.0906. The number of thiazole rings is 1. The van der Waals surface area contributed by atoms with Gasteiger partial charge in [-0.3, -0.25) is 0 Å². The third-order valence-corrected chi connectivity index (χ3v) is 5.54. The molecule has 126 valence electrons. The molecule has 0 aromatic carbocycles. The second-order valence-electron chi connectivity index (χ2n) is 7.66. The van der Waals surface area contributed by atoms with Crippen LogP contribution in [0.25, 0.3) is 0 Å². The summed E-state index contributed by atoms with van der Waals surface area (Å²) in [4.78, 5) is 7.05. The molecule has 2 rings (SSSR count). The number of likely N-dealkylation sites (tertiary alicyclic amines) is 1. The van der Waals surface area contributed by atoms with Gasteiger partial charge in [-0.05, 0) is 31.8 Å². The van der Waals surface area contributed by atoms with Gasteiger partial charge in [0, 0.05) is 30.4 Å². The quantitative estimate of drug-likeness (QED) is 0.844. The predicted molar refractivity (Wildman–Crippen MR) is 93.4 cm³/mol. The number of nitrogens with one attached hydrogen (secondary N) is 1. The fourth-order valence-corrected chi connectivity index (χ4v) is 3.61. The van der Waals surface area contributed by atoms with Gasteiger partial charge >= 0.3 is 0 Å². The molecule has 0 spiro atoms. The van der Waals surface area contributed by atoms with Gasteiger partial charge in [-0.25, -0.2) is 4.98 Å². The Bertz CT molecular complexity index is 447. The molecule has 1 aliphatic heterocycles. The molecule has 1 aromatic rings. The lowest BCUT2D eigenvalue weighted by atomic mass is 9.98. The van der Waals surface area contributed by atoms with E-state index in [1.807, 2.05) is 0 Å². The minimum Gasteiger partial charge on any atom is -0.390 e. The van der Waals surface area contributed by atoms with Crippen LogP contribution < -0.4 is 5.32 Å². The minimum absolute atomic E-state index is 0.119. The molecule has 5 heteroatoms. The van der Waals surface area contributed by atoms with Crippen LogP contribution in [0.2, 0.25) is 0 Å². The van der Waals surface area contributed by atoms with Gasteiger partial charge in [0.05, 0.1) is 16.8 Å². The van der Waals surface area contributed by atoms with Crippen molar-refractivity contribution in [2.24, 2.45) is 5.92 Å². The third kappa shape index (κ3) is 5.61. The van der Waals surface area contributed by atoms with Crippen LogP contribution in [0.3, 0.4) is 0 Å². The maximum Gasteiger partial charge on any atom is 0.0982 e. The van der Waals surface area contributed by atoms with E-state index in [1.54, 1.807) is 11.3 Å². The molecule has 2 heterocycles. The van der Waals surface area contributed by atoms with Crippen LogP contribution in [-0.2, 0) is 12.0 Å². The normalized spacial score (nSPS) is 19.5. The van der Waals surface area contributed by atoms with E-state index >= 15 is 0 Å². The molecular formula is C17H31N3OS. The van der Waals surface area contributed by atoms with Gasteiger partial charge in [-0.2, -0.15) is 0 Å². The number of aromatic nitrogens is 1. The van der Waals surface area contributed by atoms with E-state index in [9.17, 15) is 5.11 Å². The Morgan fingerprint density at radius 1 is 1.41 bits per heavy atom. The fraction of sp³-hybridized carbons (Fsp3) is 0.824. The maximum atomic E-state index is 10.2. The van der Waals surface area contributed by atoms with Gasteiger partial charge in [0.25, 0.3) is 0 Å². The van der Waals surface area contributed by atoms with Crippen molar-refractivity contribution in [3.8, 4) is 0 Å². The van der Waals surface area contributed by atoms with E-state index < -0.39 is 0 Å². The van der Waals surface area contributed by atoms with Crippen molar-refractivity contribution < 1.29 is 5.11 Å².